The summed E-state index contributed by atoms with van der Waals surface area (Å²) in [6.45, 7) is 2.37. The summed E-state index contributed by atoms with van der Waals surface area (Å²) in [4.78, 5) is 0. The quantitative estimate of drug-likeness (QED) is 0.669. The Morgan fingerprint density at radius 3 is 2.67 bits per heavy atom. The van der Waals surface area contributed by atoms with Gasteiger partial charge in [0.05, 0.1) is 6.26 Å². The van der Waals surface area contributed by atoms with Crippen molar-refractivity contribution in [1.82, 2.24) is 10.0 Å². The van der Waals surface area contributed by atoms with Crippen molar-refractivity contribution in [3.63, 3.8) is 0 Å². The van der Waals surface area contributed by atoms with Crippen LogP contribution in [0.5, 0.6) is 5.75 Å². The lowest BCUT2D eigenvalue weighted by atomic mass is 10.1. The smallest absolute Gasteiger partial charge is 0.208 e. The van der Waals surface area contributed by atoms with Crippen LogP contribution in [0, 0.1) is 5.82 Å². The van der Waals surface area contributed by atoms with E-state index in [0.717, 1.165) is 6.26 Å². The second kappa shape index (κ2) is 6.12. The zero-order chi connectivity index (χ0) is 13.8. The van der Waals surface area contributed by atoms with Crippen molar-refractivity contribution in [3.8, 4) is 5.75 Å². The van der Waals surface area contributed by atoms with Crippen molar-refractivity contribution >= 4 is 10.0 Å². The second-order valence-corrected chi connectivity index (χ2v) is 5.88. The van der Waals surface area contributed by atoms with E-state index in [2.05, 4.69) is 10.0 Å². The Labute approximate surface area is 106 Å². The first-order valence-electron chi connectivity index (χ1n) is 5.46. The van der Waals surface area contributed by atoms with E-state index in [1.54, 1.807) is 6.92 Å². The maximum absolute atomic E-state index is 13.0. The zero-order valence-electron chi connectivity index (χ0n) is 10.3. The van der Waals surface area contributed by atoms with E-state index in [1.165, 1.54) is 18.2 Å². The monoisotopic (exact) mass is 276 g/mol. The molecule has 1 aromatic rings. The summed E-state index contributed by atoms with van der Waals surface area (Å²) in [6, 6.07) is 3.44. The third-order valence-electron chi connectivity index (χ3n) is 2.40. The standard InChI is InChI=1S/C11H17FN2O3S/c1-8(13-5-6-14-18(2,16)17)10-7-9(12)3-4-11(10)15/h3-4,7-8,13-15H,5-6H2,1-2H3. The molecule has 0 spiro atoms. The predicted octanol–water partition coefficient (Wildman–Crippen LogP) is 0.731. The number of aromatic hydroxyl groups is 1. The number of hydrogen-bond acceptors (Lipinski definition) is 4. The van der Waals surface area contributed by atoms with Crippen molar-refractivity contribution < 1.29 is 17.9 Å². The molecular weight excluding hydrogens is 259 g/mol. The van der Waals surface area contributed by atoms with Crippen molar-refractivity contribution in [1.29, 1.82) is 0 Å². The van der Waals surface area contributed by atoms with Crippen molar-refractivity contribution in [2.45, 2.75) is 13.0 Å². The first-order valence-corrected chi connectivity index (χ1v) is 7.35. The molecular formula is C11H17FN2O3S. The van der Waals surface area contributed by atoms with Crippen LogP contribution in [0.1, 0.15) is 18.5 Å². The number of benzene rings is 1. The molecule has 3 N–H and O–H groups in total. The molecule has 1 aromatic carbocycles. The number of halogens is 1. The molecule has 0 radical (unpaired) electrons. The molecule has 1 atom stereocenters. The molecule has 102 valence electrons. The van der Waals surface area contributed by atoms with E-state index in [0.29, 0.717) is 12.1 Å². The Morgan fingerprint density at radius 1 is 1.39 bits per heavy atom. The van der Waals surface area contributed by atoms with E-state index < -0.39 is 15.8 Å². The van der Waals surface area contributed by atoms with Crippen LogP contribution in [0.2, 0.25) is 0 Å². The first kappa shape index (κ1) is 14.9. The highest BCUT2D eigenvalue weighted by Crippen LogP contribution is 2.24. The SMILES string of the molecule is CC(NCCNS(C)(=O)=O)c1cc(F)ccc1O. The third-order valence-corrected chi connectivity index (χ3v) is 3.12. The Bertz CT molecular complexity index is 505. The number of sulfonamides is 1. The molecule has 0 bridgehead atoms. The van der Waals surface area contributed by atoms with Crippen LogP contribution in [-0.4, -0.2) is 32.9 Å². The van der Waals surface area contributed by atoms with E-state index >= 15 is 0 Å². The molecule has 0 fully saturated rings. The van der Waals surface area contributed by atoms with Crippen LogP contribution < -0.4 is 10.0 Å². The highest BCUT2D eigenvalue weighted by molar-refractivity contribution is 7.88. The third kappa shape index (κ3) is 4.99. The van der Waals surface area contributed by atoms with Gasteiger partial charge < -0.3 is 10.4 Å². The van der Waals surface area contributed by atoms with Crippen LogP contribution >= 0.6 is 0 Å². The van der Waals surface area contributed by atoms with Gasteiger partial charge in [0.1, 0.15) is 11.6 Å². The molecule has 18 heavy (non-hydrogen) atoms. The summed E-state index contributed by atoms with van der Waals surface area (Å²) in [5, 5.41) is 12.6. The Balaban J connectivity index is 2.50. The molecule has 0 heterocycles. The highest BCUT2D eigenvalue weighted by Gasteiger charge is 2.10. The fourth-order valence-electron chi connectivity index (χ4n) is 1.51. The minimum Gasteiger partial charge on any atom is -0.508 e. The van der Waals surface area contributed by atoms with Crippen molar-refractivity contribution in [3.05, 3.63) is 29.6 Å². The molecule has 1 unspecified atom stereocenters. The van der Waals surface area contributed by atoms with Gasteiger partial charge in [-0.2, -0.15) is 0 Å². The molecule has 0 aliphatic carbocycles. The van der Waals surface area contributed by atoms with E-state index in [9.17, 15) is 17.9 Å². The Hall–Kier alpha value is -1.18. The molecule has 0 amide bonds. The number of nitrogens with one attached hydrogen (secondary N) is 2. The molecule has 0 aliphatic rings. The summed E-state index contributed by atoms with van der Waals surface area (Å²) in [5.41, 5.74) is 0.439. The first-order chi connectivity index (χ1) is 8.29. The molecule has 0 aliphatic heterocycles. The Kier molecular flexibility index (Phi) is 5.06. The normalized spacial score (nSPS) is 13.5. The van der Waals surface area contributed by atoms with Gasteiger partial charge in [-0.3, -0.25) is 0 Å². The van der Waals surface area contributed by atoms with E-state index in [1.807, 2.05) is 0 Å². The lowest BCUT2D eigenvalue weighted by Gasteiger charge is -2.15. The van der Waals surface area contributed by atoms with Crippen molar-refractivity contribution in [2.75, 3.05) is 19.3 Å². The van der Waals surface area contributed by atoms with Crippen LogP contribution in [0.4, 0.5) is 4.39 Å². The van der Waals surface area contributed by atoms with Crippen LogP contribution in [0.3, 0.4) is 0 Å². The lowest BCUT2D eigenvalue weighted by molar-refractivity contribution is 0.449. The maximum Gasteiger partial charge on any atom is 0.208 e. The molecule has 0 saturated heterocycles. The number of rotatable bonds is 6. The van der Waals surface area contributed by atoms with Gasteiger partial charge in [-0.05, 0) is 25.1 Å². The fraction of sp³-hybridized carbons (Fsp3) is 0.455. The minimum atomic E-state index is -3.20. The molecule has 0 aromatic heterocycles. The average Bonchev–Trinajstić information content (AvgIpc) is 2.26. The van der Waals surface area contributed by atoms with Crippen LogP contribution in [0.25, 0.3) is 0 Å². The van der Waals surface area contributed by atoms with Gasteiger partial charge in [0.15, 0.2) is 0 Å². The van der Waals surface area contributed by atoms with Gasteiger partial charge in [0.25, 0.3) is 0 Å². The van der Waals surface area contributed by atoms with Crippen LogP contribution in [0.15, 0.2) is 18.2 Å². The summed E-state index contributed by atoms with van der Waals surface area (Å²) in [6.07, 6.45) is 1.08. The summed E-state index contributed by atoms with van der Waals surface area (Å²) in [7, 11) is -3.20. The number of hydrogen-bond donors (Lipinski definition) is 3. The fourth-order valence-corrected chi connectivity index (χ4v) is 1.98. The topological polar surface area (TPSA) is 78.4 Å². The molecule has 1 rings (SSSR count). The summed E-state index contributed by atoms with van der Waals surface area (Å²) < 4.78 is 37.0. The maximum atomic E-state index is 13.0. The van der Waals surface area contributed by atoms with Gasteiger partial charge in [0.2, 0.25) is 10.0 Å². The Morgan fingerprint density at radius 2 is 2.06 bits per heavy atom. The molecule has 7 heteroatoms. The summed E-state index contributed by atoms with van der Waals surface area (Å²) in [5.74, 6) is -0.418. The largest absolute Gasteiger partial charge is 0.508 e. The van der Waals surface area contributed by atoms with E-state index in [-0.39, 0.29) is 18.3 Å². The second-order valence-electron chi connectivity index (χ2n) is 4.05. The molecule has 0 saturated carbocycles. The van der Waals surface area contributed by atoms with E-state index in [4.69, 9.17) is 0 Å². The number of phenolic OH excluding ortho intramolecular Hbond substituents is 1. The van der Waals surface area contributed by atoms with Gasteiger partial charge in [0, 0.05) is 24.7 Å². The van der Waals surface area contributed by atoms with Gasteiger partial charge in [-0.1, -0.05) is 0 Å². The lowest BCUT2D eigenvalue weighted by Crippen LogP contribution is -2.32. The minimum absolute atomic E-state index is 0.00692. The van der Waals surface area contributed by atoms with Crippen LogP contribution in [-0.2, 0) is 10.0 Å². The van der Waals surface area contributed by atoms with Gasteiger partial charge in [-0.15, -0.1) is 0 Å². The number of phenols is 1. The summed E-state index contributed by atoms with van der Waals surface area (Å²) >= 11 is 0. The van der Waals surface area contributed by atoms with Crippen molar-refractivity contribution in [2.24, 2.45) is 0 Å². The molecule has 5 nitrogen and oxygen atoms in total. The van der Waals surface area contributed by atoms with Gasteiger partial charge >= 0.3 is 0 Å². The predicted molar refractivity (Wildman–Crippen MR) is 67.3 cm³/mol. The highest BCUT2D eigenvalue weighted by atomic mass is 32.2. The average molecular weight is 276 g/mol. The zero-order valence-corrected chi connectivity index (χ0v) is 11.1. The van der Waals surface area contributed by atoms with Gasteiger partial charge in [-0.25, -0.2) is 17.5 Å².